The summed E-state index contributed by atoms with van der Waals surface area (Å²) in [5.74, 6) is 1.84. The molecule has 2 aliphatic heterocycles. The molecule has 2 aromatic rings. The van der Waals surface area contributed by atoms with E-state index in [1.54, 1.807) is 6.07 Å². The summed E-state index contributed by atoms with van der Waals surface area (Å²) < 4.78 is 58.5. The maximum absolute atomic E-state index is 14.5. The van der Waals surface area contributed by atoms with Crippen LogP contribution in [0.15, 0.2) is 30.6 Å². The van der Waals surface area contributed by atoms with Crippen LogP contribution in [-0.2, 0) is 11.2 Å². The van der Waals surface area contributed by atoms with Crippen molar-refractivity contribution in [2.24, 2.45) is 17.8 Å². The Kier molecular flexibility index (Phi) is 7.23. The van der Waals surface area contributed by atoms with E-state index < -0.39 is 36.6 Å². The zero-order valence-corrected chi connectivity index (χ0v) is 21.3. The van der Waals surface area contributed by atoms with E-state index in [9.17, 15) is 27.5 Å². The predicted molar refractivity (Wildman–Crippen MR) is 131 cm³/mol. The number of benzene rings is 1. The molecule has 38 heavy (non-hydrogen) atoms. The number of alkyl halides is 3. The van der Waals surface area contributed by atoms with E-state index in [2.05, 4.69) is 14.9 Å². The van der Waals surface area contributed by atoms with Crippen LogP contribution < -0.4 is 9.64 Å². The van der Waals surface area contributed by atoms with Crippen LogP contribution >= 0.6 is 0 Å². The van der Waals surface area contributed by atoms with Gasteiger partial charge < -0.3 is 19.6 Å². The number of nitrogens with zero attached hydrogens (tertiary/aromatic N) is 4. The summed E-state index contributed by atoms with van der Waals surface area (Å²) in [6.45, 7) is 2.70. The highest BCUT2D eigenvalue weighted by atomic mass is 19.4. The number of rotatable bonds is 8. The average molecular weight is 537 g/mol. The van der Waals surface area contributed by atoms with Gasteiger partial charge in [-0.3, -0.25) is 4.79 Å². The lowest BCUT2D eigenvalue weighted by Gasteiger charge is -2.46. The topological polar surface area (TPSA) is 78.8 Å². The van der Waals surface area contributed by atoms with Gasteiger partial charge >= 0.3 is 6.18 Å². The van der Waals surface area contributed by atoms with Gasteiger partial charge in [0, 0.05) is 31.5 Å². The molecule has 1 aliphatic carbocycles. The summed E-state index contributed by atoms with van der Waals surface area (Å²) in [5.41, 5.74) is -1.75. The molecular weight excluding hydrogens is 504 g/mol. The van der Waals surface area contributed by atoms with Crippen molar-refractivity contribution < 1.29 is 32.2 Å². The van der Waals surface area contributed by atoms with E-state index in [0.29, 0.717) is 30.1 Å². The standard InChI is InChI=1S/C27H32F4N4O3/c1-17-13-32-25(33-14-17)34-7-4-18(5-8-34)22-10-19(22)6-9-38-21-3-2-20(23(28)12-21)11-24(36)35-15-26(37,16-35)27(29,30)31/h2-3,12-14,18-19,22,37H,4-11,15-16H2,1H3/t19-,22-/m1/s1. The molecule has 1 aromatic carbocycles. The highest BCUT2D eigenvalue weighted by Gasteiger charge is 2.62. The number of aryl methyl sites for hydroxylation is 1. The summed E-state index contributed by atoms with van der Waals surface area (Å²) in [7, 11) is 0. The SMILES string of the molecule is Cc1cnc(N2CCC([C@H]3C[C@H]3CCOc3ccc(CC(=O)N4CC(O)(C(F)(F)F)C4)c(F)c3)CC2)nc1. The van der Waals surface area contributed by atoms with Crippen molar-refractivity contribution in [1.29, 1.82) is 0 Å². The Morgan fingerprint density at radius 3 is 2.50 bits per heavy atom. The van der Waals surface area contributed by atoms with Gasteiger partial charge in [0.1, 0.15) is 11.6 Å². The predicted octanol–water partition coefficient (Wildman–Crippen LogP) is 3.92. The van der Waals surface area contributed by atoms with Crippen LogP contribution in [0.4, 0.5) is 23.5 Å². The molecule has 0 bridgehead atoms. The van der Waals surface area contributed by atoms with E-state index in [0.717, 1.165) is 48.8 Å². The van der Waals surface area contributed by atoms with Gasteiger partial charge in [-0.05, 0) is 67.6 Å². The molecule has 3 heterocycles. The van der Waals surface area contributed by atoms with E-state index in [1.807, 2.05) is 19.3 Å². The maximum Gasteiger partial charge on any atom is 0.420 e. The number of hydrogen-bond donors (Lipinski definition) is 1. The molecule has 1 amide bonds. The Morgan fingerprint density at radius 2 is 1.87 bits per heavy atom. The van der Waals surface area contributed by atoms with Gasteiger partial charge in [0.2, 0.25) is 11.9 Å². The second kappa shape index (κ2) is 10.3. The molecule has 0 spiro atoms. The quantitative estimate of drug-likeness (QED) is 0.516. The molecule has 1 saturated carbocycles. The summed E-state index contributed by atoms with van der Waals surface area (Å²) in [4.78, 5) is 24.2. The van der Waals surface area contributed by atoms with Crippen LogP contribution in [-0.4, -0.2) is 70.4 Å². The lowest BCUT2D eigenvalue weighted by Crippen LogP contribution is -2.70. The Morgan fingerprint density at radius 1 is 1.18 bits per heavy atom. The second-order valence-corrected chi connectivity index (χ2v) is 10.9. The average Bonchev–Trinajstić information content (AvgIpc) is 3.63. The molecule has 0 unspecified atom stereocenters. The first-order valence-electron chi connectivity index (χ1n) is 13.0. The van der Waals surface area contributed by atoms with Gasteiger partial charge in [0.15, 0.2) is 5.60 Å². The van der Waals surface area contributed by atoms with Crippen LogP contribution in [0.3, 0.4) is 0 Å². The van der Waals surface area contributed by atoms with E-state index in [1.165, 1.54) is 18.6 Å². The van der Waals surface area contributed by atoms with Crippen molar-refractivity contribution in [3.8, 4) is 5.75 Å². The number of carbonyl (C=O) groups is 1. The third kappa shape index (κ3) is 5.72. The molecule has 3 fully saturated rings. The van der Waals surface area contributed by atoms with Crippen molar-refractivity contribution in [2.45, 2.75) is 50.8 Å². The largest absolute Gasteiger partial charge is 0.493 e. The van der Waals surface area contributed by atoms with Crippen molar-refractivity contribution in [3.05, 3.63) is 47.5 Å². The van der Waals surface area contributed by atoms with Crippen LogP contribution in [0.25, 0.3) is 0 Å². The minimum Gasteiger partial charge on any atom is -0.493 e. The number of carbonyl (C=O) groups excluding carboxylic acids is 1. The summed E-state index contributed by atoms with van der Waals surface area (Å²) >= 11 is 0. The maximum atomic E-state index is 14.5. The molecule has 2 atom stereocenters. The zero-order chi connectivity index (χ0) is 27.1. The zero-order valence-electron chi connectivity index (χ0n) is 21.3. The summed E-state index contributed by atoms with van der Waals surface area (Å²) in [6.07, 6.45) is 2.84. The molecule has 5 rings (SSSR count). The normalized spacial score (nSPS) is 23.2. The molecule has 1 N–H and O–H groups in total. The van der Waals surface area contributed by atoms with Gasteiger partial charge in [-0.15, -0.1) is 0 Å². The lowest BCUT2D eigenvalue weighted by atomic mass is 9.90. The van der Waals surface area contributed by atoms with Gasteiger partial charge in [-0.2, -0.15) is 13.2 Å². The molecule has 7 nitrogen and oxygen atoms in total. The minimum absolute atomic E-state index is 0.0782. The molecule has 2 saturated heterocycles. The van der Waals surface area contributed by atoms with E-state index in [-0.39, 0.29) is 12.0 Å². The van der Waals surface area contributed by atoms with Gasteiger partial charge in [0.25, 0.3) is 0 Å². The number of anilines is 1. The van der Waals surface area contributed by atoms with Gasteiger partial charge in [-0.25, -0.2) is 14.4 Å². The number of halogens is 4. The fourth-order valence-electron chi connectivity index (χ4n) is 5.56. The monoisotopic (exact) mass is 536 g/mol. The summed E-state index contributed by atoms with van der Waals surface area (Å²) in [5, 5.41) is 9.48. The number of aliphatic hydroxyl groups is 1. The van der Waals surface area contributed by atoms with Crippen LogP contribution in [0.1, 0.15) is 36.8 Å². The summed E-state index contributed by atoms with van der Waals surface area (Å²) in [6, 6.07) is 4.20. The minimum atomic E-state index is -4.80. The van der Waals surface area contributed by atoms with E-state index >= 15 is 0 Å². The van der Waals surface area contributed by atoms with Crippen LogP contribution in [0.5, 0.6) is 5.75 Å². The van der Waals surface area contributed by atoms with Crippen molar-refractivity contribution >= 4 is 11.9 Å². The highest BCUT2D eigenvalue weighted by Crippen LogP contribution is 2.50. The number of amides is 1. The first-order valence-corrected chi connectivity index (χ1v) is 13.0. The fraction of sp³-hybridized carbons (Fsp3) is 0.593. The Hall–Kier alpha value is -2.95. The third-order valence-corrected chi connectivity index (χ3v) is 8.08. The second-order valence-electron chi connectivity index (χ2n) is 10.9. The van der Waals surface area contributed by atoms with Crippen molar-refractivity contribution in [2.75, 3.05) is 37.7 Å². The van der Waals surface area contributed by atoms with Crippen molar-refractivity contribution in [1.82, 2.24) is 14.9 Å². The Labute approximate surface area is 218 Å². The number of hydrogen-bond acceptors (Lipinski definition) is 6. The number of aromatic nitrogens is 2. The Balaban J connectivity index is 1.01. The molecular formula is C27H32F4N4O3. The number of piperidine rings is 1. The van der Waals surface area contributed by atoms with Crippen LogP contribution in [0, 0.1) is 30.5 Å². The van der Waals surface area contributed by atoms with Gasteiger partial charge in [0.05, 0.1) is 26.1 Å². The lowest BCUT2D eigenvalue weighted by molar-refractivity contribution is -0.297. The number of likely N-dealkylation sites (tertiary alicyclic amines) is 1. The molecule has 3 aliphatic rings. The first-order chi connectivity index (χ1) is 18.0. The van der Waals surface area contributed by atoms with E-state index in [4.69, 9.17) is 4.74 Å². The smallest absolute Gasteiger partial charge is 0.420 e. The molecule has 11 heteroatoms. The van der Waals surface area contributed by atoms with Crippen LogP contribution in [0.2, 0.25) is 0 Å². The molecule has 206 valence electrons. The Bertz CT molecular complexity index is 1150. The fourth-order valence-corrected chi connectivity index (χ4v) is 5.56. The first kappa shape index (κ1) is 26.6. The number of ether oxygens (including phenoxy) is 1. The number of β-amino-alcohol motifs (C(OH)–C–C–N with tert-alkyl or cyclic N) is 1. The van der Waals surface area contributed by atoms with Gasteiger partial charge in [-0.1, -0.05) is 6.07 Å². The van der Waals surface area contributed by atoms with Crippen molar-refractivity contribution in [3.63, 3.8) is 0 Å². The third-order valence-electron chi connectivity index (χ3n) is 8.08. The molecule has 1 aromatic heterocycles. The molecule has 0 radical (unpaired) electrons. The highest BCUT2D eigenvalue weighted by molar-refractivity contribution is 5.80.